The van der Waals surface area contributed by atoms with Crippen molar-refractivity contribution in [2.45, 2.75) is 20.3 Å². The zero-order valence-corrected chi connectivity index (χ0v) is 13.9. The number of anilines is 1. The van der Waals surface area contributed by atoms with Crippen molar-refractivity contribution in [2.75, 3.05) is 5.73 Å². The van der Waals surface area contributed by atoms with Crippen molar-refractivity contribution in [3.8, 4) is 11.3 Å². The molecule has 1 aromatic carbocycles. The summed E-state index contributed by atoms with van der Waals surface area (Å²) < 4.78 is 7.56. The summed E-state index contributed by atoms with van der Waals surface area (Å²) in [6, 6.07) is 6.08. The molecule has 0 spiro atoms. The number of hydrogen-bond donors (Lipinski definition) is 1. The molecule has 0 saturated heterocycles. The summed E-state index contributed by atoms with van der Waals surface area (Å²) in [5, 5.41) is 3.90. The number of benzene rings is 1. The third-order valence-electron chi connectivity index (χ3n) is 2.60. The molecule has 0 amide bonds. The second-order valence-corrected chi connectivity index (χ2v) is 6.68. The number of nitrogens with two attached hydrogens (primary N) is 1. The number of aromatic nitrogens is 1. The smallest absolute Gasteiger partial charge is 0.173 e. The minimum Gasteiger partial charge on any atom is -0.381 e. The normalized spacial score (nSPS) is 11.2. The Bertz CT molecular complexity index is 566. The predicted octanol–water partition coefficient (Wildman–Crippen LogP) is 4.49. The minimum atomic E-state index is 0.495. The van der Waals surface area contributed by atoms with Crippen LogP contribution in [-0.4, -0.2) is 5.16 Å². The summed E-state index contributed by atoms with van der Waals surface area (Å²) in [5.74, 6) is 1.79. The molecule has 3 nitrogen and oxygen atoms in total. The topological polar surface area (TPSA) is 52.0 Å². The quantitative estimate of drug-likeness (QED) is 0.744. The Labute approximate surface area is 128 Å². The Morgan fingerprint density at radius 1 is 1.44 bits per heavy atom. The number of rotatable bonds is 3. The monoisotopic (exact) mass is 420 g/mol. The van der Waals surface area contributed by atoms with Crippen molar-refractivity contribution in [1.82, 2.24) is 5.16 Å². The van der Waals surface area contributed by atoms with Gasteiger partial charge in [0.05, 0.1) is 0 Å². The first-order valence-corrected chi connectivity index (χ1v) is 7.55. The molecule has 0 radical (unpaired) electrons. The molecule has 0 unspecified atom stereocenters. The van der Waals surface area contributed by atoms with Crippen molar-refractivity contribution in [1.29, 1.82) is 0 Å². The van der Waals surface area contributed by atoms with Crippen LogP contribution in [0.4, 0.5) is 5.82 Å². The fourth-order valence-corrected chi connectivity index (χ4v) is 2.75. The SMILES string of the molecule is CC(C)Cc1c(N)noc1-c1cc(Br)ccc1I. The van der Waals surface area contributed by atoms with Gasteiger partial charge in [0.1, 0.15) is 0 Å². The van der Waals surface area contributed by atoms with E-state index < -0.39 is 0 Å². The van der Waals surface area contributed by atoms with Crippen LogP contribution in [0.15, 0.2) is 27.2 Å². The molecule has 18 heavy (non-hydrogen) atoms. The average molecular weight is 421 g/mol. The standard InChI is InChI=1S/C13H14BrIN2O/c1-7(2)5-10-12(18-17-13(10)16)9-6-8(14)3-4-11(9)15/h3-4,6-7H,5H2,1-2H3,(H2,16,17). The molecule has 96 valence electrons. The molecule has 2 rings (SSSR count). The fraction of sp³-hybridized carbons (Fsp3) is 0.308. The molecule has 0 aliphatic rings. The lowest BCUT2D eigenvalue weighted by molar-refractivity contribution is 0.434. The van der Waals surface area contributed by atoms with E-state index in [4.69, 9.17) is 10.3 Å². The summed E-state index contributed by atoms with van der Waals surface area (Å²) in [6.07, 6.45) is 0.868. The van der Waals surface area contributed by atoms with E-state index in [1.54, 1.807) is 0 Å². The van der Waals surface area contributed by atoms with Gasteiger partial charge in [-0.25, -0.2) is 0 Å². The van der Waals surface area contributed by atoms with Crippen LogP contribution in [0.25, 0.3) is 11.3 Å². The van der Waals surface area contributed by atoms with Crippen molar-refractivity contribution in [2.24, 2.45) is 5.92 Å². The highest BCUT2D eigenvalue weighted by atomic mass is 127. The van der Waals surface area contributed by atoms with Crippen molar-refractivity contribution < 1.29 is 4.52 Å². The van der Waals surface area contributed by atoms with Gasteiger partial charge >= 0.3 is 0 Å². The van der Waals surface area contributed by atoms with Crippen LogP contribution >= 0.6 is 38.5 Å². The Morgan fingerprint density at radius 2 is 2.17 bits per heavy atom. The molecular weight excluding hydrogens is 407 g/mol. The maximum absolute atomic E-state index is 5.90. The van der Waals surface area contributed by atoms with Gasteiger partial charge in [0.25, 0.3) is 0 Å². The van der Waals surface area contributed by atoms with Crippen LogP contribution in [0.3, 0.4) is 0 Å². The summed E-state index contributed by atoms with van der Waals surface area (Å²) in [6.45, 7) is 4.31. The second-order valence-electron chi connectivity index (χ2n) is 4.60. The zero-order valence-electron chi connectivity index (χ0n) is 10.2. The van der Waals surface area contributed by atoms with Gasteiger partial charge < -0.3 is 10.3 Å². The maximum Gasteiger partial charge on any atom is 0.173 e. The van der Waals surface area contributed by atoms with E-state index >= 15 is 0 Å². The Morgan fingerprint density at radius 3 is 2.83 bits per heavy atom. The predicted molar refractivity (Wildman–Crippen MR) is 85.3 cm³/mol. The third kappa shape index (κ3) is 2.88. The van der Waals surface area contributed by atoms with Gasteiger partial charge in [0.2, 0.25) is 0 Å². The second kappa shape index (κ2) is 5.61. The van der Waals surface area contributed by atoms with E-state index in [-0.39, 0.29) is 0 Å². The van der Waals surface area contributed by atoms with Gasteiger partial charge in [0, 0.05) is 19.2 Å². The van der Waals surface area contributed by atoms with E-state index in [0.717, 1.165) is 31.4 Å². The molecule has 1 heterocycles. The van der Waals surface area contributed by atoms with E-state index in [1.807, 2.05) is 18.2 Å². The van der Waals surface area contributed by atoms with Crippen molar-refractivity contribution >= 4 is 44.3 Å². The largest absolute Gasteiger partial charge is 0.381 e. The number of nitrogens with zero attached hydrogens (tertiary/aromatic N) is 1. The summed E-state index contributed by atoms with van der Waals surface area (Å²) in [7, 11) is 0. The highest BCUT2D eigenvalue weighted by molar-refractivity contribution is 14.1. The molecule has 0 saturated carbocycles. The number of halogens is 2. The highest BCUT2D eigenvalue weighted by Crippen LogP contribution is 2.34. The first kappa shape index (κ1) is 13.9. The lowest BCUT2D eigenvalue weighted by Gasteiger charge is -2.07. The molecule has 0 fully saturated rings. The van der Waals surface area contributed by atoms with E-state index in [0.29, 0.717) is 11.7 Å². The van der Waals surface area contributed by atoms with Crippen LogP contribution in [0, 0.1) is 9.49 Å². The lowest BCUT2D eigenvalue weighted by atomic mass is 10.00. The van der Waals surface area contributed by atoms with E-state index in [1.165, 1.54) is 0 Å². The van der Waals surface area contributed by atoms with Crippen LogP contribution in [0.5, 0.6) is 0 Å². The third-order valence-corrected chi connectivity index (χ3v) is 4.04. The van der Waals surface area contributed by atoms with Gasteiger partial charge in [0.15, 0.2) is 11.6 Å². The summed E-state index contributed by atoms with van der Waals surface area (Å²) in [4.78, 5) is 0. The van der Waals surface area contributed by atoms with Gasteiger partial charge in [-0.3, -0.25) is 0 Å². The molecule has 0 aliphatic heterocycles. The van der Waals surface area contributed by atoms with Crippen molar-refractivity contribution in [3.63, 3.8) is 0 Å². The van der Waals surface area contributed by atoms with Crippen LogP contribution in [0.2, 0.25) is 0 Å². The Hall–Kier alpha value is -0.560. The van der Waals surface area contributed by atoms with Gasteiger partial charge in [-0.2, -0.15) is 0 Å². The first-order chi connectivity index (χ1) is 8.49. The van der Waals surface area contributed by atoms with Gasteiger partial charge in [-0.1, -0.05) is 34.9 Å². The molecule has 0 atom stereocenters. The molecular formula is C13H14BrIN2O. The molecule has 1 aromatic heterocycles. The van der Waals surface area contributed by atoms with Crippen LogP contribution in [-0.2, 0) is 6.42 Å². The zero-order chi connectivity index (χ0) is 13.3. The first-order valence-electron chi connectivity index (χ1n) is 5.68. The average Bonchev–Trinajstić information content (AvgIpc) is 2.64. The lowest BCUT2D eigenvalue weighted by Crippen LogP contribution is -1.99. The Balaban J connectivity index is 2.53. The summed E-state index contributed by atoms with van der Waals surface area (Å²) >= 11 is 5.77. The maximum atomic E-state index is 5.90. The van der Waals surface area contributed by atoms with E-state index in [2.05, 4.69) is 57.5 Å². The molecule has 0 bridgehead atoms. The molecule has 2 N–H and O–H groups in total. The highest BCUT2D eigenvalue weighted by Gasteiger charge is 2.18. The molecule has 2 aromatic rings. The van der Waals surface area contributed by atoms with Crippen LogP contribution < -0.4 is 5.73 Å². The summed E-state index contributed by atoms with van der Waals surface area (Å²) in [5.41, 5.74) is 7.93. The number of nitrogen functional groups attached to an aromatic ring is 1. The fourth-order valence-electron chi connectivity index (χ4n) is 1.81. The van der Waals surface area contributed by atoms with Gasteiger partial charge in [-0.05, 0) is 53.1 Å². The number of hydrogen-bond acceptors (Lipinski definition) is 3. The van der Waals surface area contributed by atoms with Crippen molar-refractivity contribution in [3.05, 3.63) is 31.8 Å². The van der Waals surface area contributed by atoms with E-state index in [9.17, 15) is 0 Å². The molecule has 0 aliphatic carbocycles. The van der Waals surface area contributed by atoms with Crippen LogP contribution in [0.1, 0.15) is 19.4 Å². The Kier molecular flexibility index (Phi) is 4.32. The minimum absolute atomic E-state index is 0.495. The molecule has 5 heteroatoms. The van der Waals surface area contributed by atoms with Gasteiger partial charge in [-0.15, -0.1) is 0 Å².